The molecule has 0 fully saturated rings. The normalized spacial score (nSPS) is 11.0. The van der Waals surface area contributed by atoms with Crippen LogP contribution in [0.3, 0.4) is 0 Å². The summed E-state index contributed by atoms with van der Waals surface area (Å²) >= 11 is 0. The smallest absolute Gasteiger partial charge is 0.381 e. The van der Waals surface area contributed by atoms with Crippen LogP contribution in [0.2, 0.25) is 0 Å². The van der Waals surface area contributed by atoms with E-state index in [4.69, 9.17) is 5.11 Å². The first-order valence-corrected chi connectivity index (χ1v) is 28.0. The SMILES string of the molecule is CC(=O)C(C)=C(C)O.FC(F)(F)c1c[c-]c(-c2ncc3ccc4ccccc4c3n2)cc1.[Ir].[Ir].[Ir].[c-]1ccccc1-c1cc2ccccc2cn1.[c-]1ccccc1-c1ncc2c(ccc3ccccc32)n1.[c-]1ccccc1-c1ncc2c(ccc3ccccc32)n1. The quantitative estimate of drug-likeness (QED) is 0.0775. The summed E-state index contributed by atoms with van der Waals surface area (Å²) in [6.07, 6.45) is 3.01. The van der Waals surface area contributed by atoms with E-state index in [1.54, 1.807) is 13.1 Å². The van der Waals surface area contributed by atoms with Gasteiger partial charge >= 0.3 is 6.18 Å². The van der Waals surface area contributed by atoms with Gasteiger partial charge in [0.1, 0.15) is 0 Å². The Balaban J connectivity index is 0.000000150. The number of fused-ring (bicyclic) bond motifs is 10. The first-order chi connectivity index (χ1) is 42.8. The van der Waals surface area contributed by atoms with Crippen LogP contribution in [0.25, 0.3) is 121 Å². The summed E-state index contributed by atoms with van der Waals surface area (Å²) < 4.78 is 38.0. The molecule has 15 aromatic rings. The van der Waals surface area contributed by atoms with Gasteiger partial charge in [-0.15, -0.1) is 138 Å². The van der Waals surface area contributed by atoms with Crippen LogP contribution in [0.5, 0.6) is 0 Å². The van der Waals surface area contributed by atoms with Gasteiger partial charge in [0.2, 0.25) is 0 Å². The number of halogens is 3. The second kappa shape index (κ2) is 31.4. The van der Waals surface area contributed by atoms with Crippen molar-refractivity contribution >= 4 is 81.6 Å². The van der Waals surface area contributed by atoms with Crippen molar-refractivity contribution in [3.63, 3.8) is 0 Å². The van der Waals surface area contributed by atoms with Crippen LogP contribution in [0, 0.1) is 24.3 Å². The first-order valence-electron chi connectivity index (χ1n) is 28.0. The molecule has 0 spiro atoms. The molecule has 15 heteroatoms. The molecule has 0 aliphatic carbocycles. The largest absolute Gasteiger partial charge is 0.512 e. The fourth-order valence-corrected chi connectivity index (χ4v) is 9.57. The number of carbonyl (C=O) groups excluding carboxylic acids is 1. The Morgan fingerprint density at radius 1 is 0.396 bits per heavy atom. The fraction of sp³-hybridized carbons (Fsp3) is 0.0526. The van der Waals surface area contributed by atoms with E-state index in [2.05, 4.69) is 114 Å². The number of allylic oxidation sites excluding steroid dienone is 2. The molecular formula is C76H52F3Ir3N7O2-4. The Labute approximate surface area is 564 Å². The molecule has 0 bridgehead atoms. The third-order valence-corrected chi connectivity index (χ3v) is 14.4. The van der Waals surface area contributed by atoms with E-state index in [0.717, 1.165) is 78.0 Å². The van der Waals surface area contributed by atoms with Crippen LogP contribution in [0.4, 0.5) is 13.2 Å². The minimum Gasteiger partial charge on any atom is -0.512 e. The van der Waals surface area contributed by atoms with E-state index in [1.165, 1.54) is 52.2 Å². The molecule has 0 aliphatic rings. The van der Waals surface area contributed by atoms with Gasteiger partial charge in [-0.1, -0.05) is 127 Å². The number of hydrogen-bond acceptors (Lipinski definition) is 9. The summed E-state index contributed by atoms with van der Waals surface area (Å²) in [5, 5.41) is 20.9. The molecule has 11 aromatic carbocycles. The minimum absolute atomic E-state index is 0. The minimum atomic E-state index is -4.38. The zero-order valence-electron chi connectivity index (χ0n) is 48.9. The van der Waals surface area contributed by atoms with Gasteiger partial charge in [0, 0.05) is 112 Å². The molecule has 15 rings (SSSR count). The summed E-state index contributed by atoms with van der Waals surface area (Å²) in [6.45, 7) is 4.52. The summed E-state index contributed by atoms with van der Waals surface area (Å²) in [7, 11) is 0. The van der Waals surface area contributed by atoms with Gasteiger partial charge < -0.3 is 10.1 Å². The van der Waals surface area contributed by atoms with Gasteiger partial charge in [-0.25, -0.2) is 0 Å². The third-order valence-electron chi connectivity index (χ3n) is 14.4. The Kier molecular flexibility index (Phi) is 23.3. The maximum Gasteiger partial charge on any atom is 0.381 e. The number of nitrogens with zero attached hydrogens (tertiary/aromatic N) is 7. The number of alkyl halides is 3. The van der Waals surface area contributed by atoms with Crippen molar-refractivity contribution in [2.45, 2.75) is 26.9 Å². The Morgan fingerprint density at radius 2 is 0.813 bits per heavy atom. The predicted octanol–water partition coefficient (Wildman–Crippen LogP) is 18.9. The standard InChI is InChI=1S/C19H10F3N2.2C18H11N2.C15H10N.C6H10O2.3Ir/c20-19(21,22)15-9-7-13(8-10-15)18-23-11-14-6-5-12-3-1-2-4-16(12)17(14)24-18;2*1-2-7-14(8-3-1)18-19-12-16-15-9-5-4-6-13(15)10-11-17(16)20-18;1-2-6-12(7-3-1)15-10-13-8-4-5-9-14(13)11-16-15;1-4(5(2)7)6(3)8;;;/h1-7,9-11H;2*1-7,9-12H;1-6,8-11H;7H,1-3H3;;;/q4*-1;;;;. The summed E-state index contributed by atoms with van der Waals surface area (Å²) in [5.41, 5.74) is 6.67. The molecule has 0 saturated carbocycles. The predicted molar refractivity (Wildman–Crippen MR) is 347 cm³/mol. The van der Waals surface area contributed by atoms with Crippen LogP contribution in [0.1, 0.15) is 26.3 Å². The third kappa shape index (κ3) is 16.5. The molecule has 0 aliphatic heterocycles. The van der Waals surface area contributed by atoms with Gasteiger partial charge in [-0.05, 0) is 81.9 Å². The van der Waals surface area contributed by atoms with E-state index in [9.17, 15) is 18.0 Å². The van der Waals surface area contributed by atoms with E-state index in [1.807, 2.05) is 176 Å². The molecule has 0 unspecified atom stereocenters. The molecule has 4 heterocycles. The molecule has 3 radical (unpaired) electrons. The monoisotopic (exact) mass is 1730 g/mol. The maximum atomic E-state index is 12.7. The van der Waals surface area contributed by atoms with Crippen LogP contribution in [-0.2, 0) is 71.3 Å². The van der Waals surface area contributed by atoms with Crippen LogP contribution in [-0.4, -0.2) is 45.8 Å². The topological polar surface area (TPSA) is 128 Å². The molecule has 4 aromatic heterocycles. The first kappa shape index (κ1) is 67.5. The Hall–Kier alpha value is -9.42. The number of rotatable bonds is 5. The van der Waals surface area contributed by atoms with Gasteiger partial charge in [0.05, 0.1) is 39.8 Å². The molecule has 0 saturated heterocycles. The molecule has 455 valence electrons. The van der Waals surface area contributed by atoms with Crippen LogP contribution < -0.4 is 0 Å². The molecule has 9 nitrogen and oxygen atoms in total. The van der Waals surface area contributed by atoms with Crippen LogP contribution in [0.15, 0.2) is 267 Å². The van der Waals surface area contributed by atoms with Crippen molar-refractivity contribution in [1.82, 2.24) is 34.9 Å². The van der Waals surface area contributed by atoms with Crippen LogP contribution >= 0.6 is 0 Å². The number of Topliss-reactive ketones (excluding diaryl/α,β-unsaturated/α-hetero) is 1. The van der Waals surface area contributed by atoms with Gasteiger partial charge in [-0.3, -0.25) is 34.7 Å². The number of benzene rings is 11. The number of hydrogen-bond donors (Lipinski definition) is 1. The average molecular weight is 1730 g/mol. The van der Waals surface area contributed by atoms with Gasteiger partial charge in [0.15, 0.2) is 5.78 Å². The zero-order chi connectivity index (χ0) is 61.0. The number of ketones is 1. The average Bonchev–Trinajstić information content (AvgIpc) is 0.952. The van der Waals surface area contributed by atoms with E-state index in [0.29, 0.717) is 28.6 Å². The zero-order valence-corrected chi connectivity index (χ0v) is 56.1. The van der Waals surface area contributed by atoms with Crippen molar-refractivity contribution in [2.24, 2.45) is 0 Å². The number of aromatic nitrogens is 7. The summed E-state index contributed by atoms with van der Waals surface area (Å²) in [5.74, 6) is 1.82. The van der Waals surface area contributed by atoms with Gasteiger partial charge in [0.25, 0.3) is 0 Å². The van der Waals surface area contributed by atoms with E-state index < -0.39 is 11.7 Å². The molecule has 91 heavy (non-hydrogen) atoms. The van der Waals surface area contributed by atoms with Crippen molar-refractivity contribution in [1.29, 1.82) is 0 Å². The molecular weight excluding hydrogens is 1680 g/mol. The summed E-state index contributed by atoms with van der Waals surface area (Å²) in [6, 6.07) is 85.8. The second-order valence-corrected chi connectivity index (χ2v) is 20.2. The van der Waals surface area contributed by atoms with Gasteiger partial charge in [-0.2, -0.15) is 13.2 Å². The number of aliphatic hydroxyl groups is 1. The van der Waals surface area contributed by atoms with E-state index >= 15 is 0 Å². The fourth-order valence-electron chi connectivity index (χ4n) is 9.57. The number of carbonyl (C=O) groups is 1. The second-order valence-electron chi connectivity index (χ2n) is 20.2. The van der Waals surface area contributed by atoms with Crippen molar-refractivity contribution in [2.75, 3.05) is 0 Å². The molecule has 0 atom stereocenters. The summed E-state index contributed by atoms with van der Waals surface area (Å²) in [4.78, 5) is 41.9. The van der Waals surface area contributed by atoms with Crippen molar-refractivity contribution in [3.05, 3.63) is 296 Å². The Morgan fingerprint density at radius 3 is 1.29 bits per heavy atom. The Bertz CT molecular complexity index is 4830. The molecule has 1 N–H and O–H groups in total. The molecule has 0 amide bonds. The van der Waals surface area contributed by atoms with Crippen molar-refractivity contribution in [3.8, 4) is 45.4 Å². The van der Waals surface area contributed by atoms with E-state index in [-0.39, 0.29) is 71.9 Å². The number of pyridine rings is 1. The number of aliphatic hydroxyl groups excluding tert-OH is 1. The maximum absolute atomic E-state index is 12.7. The van der Waals surface area contributed by atoms with Crippen molar-refractivity contribution < 1.29 is 83.4 Å².